The van der Waals surface area contributed by atoms with Crippen molar-refractivity contribution in [3.8, 4) is 0 Å². The summed E-state index contributed by atoms with van der Waals surface area (Å²) in [5.41, 5.74) is 0. The van der Waals surface area contributed by atoms with Gasteiger partial charge in [0.1, 0.15) is 0 Å². The Kier molecular flexibility index (Phi) is 4.65. The monoisotopic (exact) mass is 130 g/mol. The van der Waals surface area contributed by atoms with Gasteiger partial charge >= 0.3 is 0 Å². The van der Waals surface area contributed by atoms with Crippen molar-refractivity contribution in [3.63, 3.8) is 0 Å². The summed E-state index contributed by atoms with van der Waals surface area (Å²) in [4.78, 5) is 4.06. The minimum atomic E-state index is 0.828. The maximum atomic E-state index is 4.06. The fourth-order valence-electron chi connectivity index (χ4n) is 0.345. The van der Waals surface area contributed by atoms with Crippen LogP contribution in [-0.4, -0.2) is 18.3 Å². The van der Waals surface area contributed by atoms with Crippen LogP contribution in [0.1, 0.15) is 13.8 Å². The normalized spacial score (nSPS) is 11.5. The fourth-order valence-corrected chi connectivity index (χ4v) is 0.719. The first kappa shape index (κ1) is 7.69. The molecule has 0 amide bonds. The second-order valence-electron chi connectivity index (χ2n) is 1.21. The second-order valence-corrected chi connectivity index (χ2v) is 2.25. The van der Waals surface area contributed by atoms with Crippen LogP contribution in [0.3, 0.4) is 0 Å². The van der Waals surface area contributed by atoms with Crippen LogP contribution in [0.2, 0.25) is 0 Å². The molecular formula is C5H10N2S. The van der Waals surface area contributed by atoms with Gasteiger partial charge in [0.2, 0.25) is 0 Å². The lowest BCUT2D eigenvalue weighted by Gasteiger charge is -1.88. The number of hydrogen-bond acceptors (Lipinski definition) is 3. The molecule has 2 nitrogen and oxygen atoms in total. The van der Waals surface area contributed by atoms with Crippen molar-refractivity contribution >= 4 is 23.7 Å². The highest BCUT2D eigenvalue weighted by atomic mass is 32.2. The standard InChI is InChI=1S/C5H10N2S/c1-4-7-5(2)8-6-3/h3-4H2,1-2H3/b7-5-. The van der Waals surface area contributed by atoms with E-state index in [0.717, 1.165) is 11.6 Å². The van der Waals surface area contributed by atoms with Crippen LogP contribution in [0, 0.1) is 0 Å². The van der Waals surface area contributed by atoms with Crippen LogP contribution in [0.5, 0.6) is 0 Å². The highest BCUT2D eigenvalue weighted by Gasteiger charge is 1.83. The van der Waals surface area contributed by atoms with Gasteiger partial charge in [0.05, 0.1) is 5.04 Å². The molecule has 0 aliphatic carbocycles. The SMILES string of the molecule is C=NS/C(C)=N\CC. The Morgan fingerprint density at radius 3 is 2.75 bits per heavy atom. The summed E-state index contributed by atoms with van der Waals surface area (Å²) in [6.07, 6.45) is 0. The van der Waals surface area contributed by atoms with Gasteiger partial charge in [0.25, 0.3) is 0 Å². The van der Waals surface area contributed by atoms with E-state index in [1.165, 1.54) is 11.9 Å². The molecule has 0 atom stereocenters. The number of nitrogens with zero attached hydrogens (tertiary/aromatic N) is 2. The lowest BCUT2D eigenvalue weighted by Crippen LogP contribution is -1.80. The molecule has 0 aliphatic rings. The molecule has 46 valence electrons. The fraction of sp³-hybridized carbons (Fsp3) is 0.600. The van der Waals surface area contributed by atoms with Crippen molar-refractivity contribution in [2.24, 2.45) is 9.39 Å². The van der Waals surface area contributed by atoms with Crippen molar-refractivity contribution in [2.45, 2.75) is 13.8 Å². The first-order chi connectivity index (χ1) is 3.81. The smallest absolute Gasteiger partial charge is 0.0872 e. The lowest BCUT2D eigenvalue weighted by molar-refractivity contribution is 1.13. The van der Waals surface area contributed by atoms with Crippen LogP contribution in [0.15, 0.2) is 9.39 Å². The van der Waals surface area contributed by atoms with E-state index in [0.29, 0.717) is 0 Å². The Morgan fingerprint density at radius 1 is 1.75 bits per heavy atom. The molecule has 0 saturated carbocycles. The van der Waals surface area contributed by atoms with E-state index >= 15 is 0 Å². The van der Waals surface area contributed by atoms with Crippen LogP contribution in [-0.2, 0) is 0 Å². The Bertz CT molecular complexity index is 98.6. The third-order valence-corrected chi connectivity index (χ3v) is 1.10. The summed E-state index contributed by atoms with van der Waals surface area (Å²) in [5.74, 6) is 0. The zero-order valence-electron chi connectivity index (χ0n) is 5.22. The van der Waals surface area contributed by atoms with Gasteiger partial charge in [-0.1, -0.05) is 0 Å². The first-order valence-corrected chi connectivity index (χ1v) is 3.22. The molecule has 3 heteroatoms. The summed E-state index contributed by atoms with van der Waals surface area (Å²) < 4.78 is 3.59. The van der Waals surface area contributed by atoms with Gasteiger partial charge < -0.3 is 0 Å². The highest BCUT2D eigenvalue weighted by molar-refractivity contribution is 8.12. The molecule has 0 aliphatic heterocycles. The molecule has 0 N–H and O–H groups in total. The van der Waals surface area contributed by atoms with E-state index < -0.39 is 0 Å². The first-order valence-electron chi connectivity index (χ1n) is 2.45. The van der Waals surface area contributed by atoms with Crippen molar-refractivity contribution in [1.29, 1.82) is 0 Å². The Balaban J connectivity index is 3.44. The zero-order valence-corrected chi connectivity index (χ0v) is 6.03. The molecule has 0 aromatic heterocycles. The summed E-state index contributed by atoms with van der Waals surface area (Å²) in [7, 11) is 0. The minimum absolute atomic E-state index is 0.828. The molecule has 0 aromatic rings. The average molecular weight is 130 g/mol. The van der Waals surface area contributed by atoms with Gasteiger partial charge in [-0.05, 0) is 20.6 Å². The third kappa shape index (κ3) is 3.87. The van der Waals surface area contributed by atoms with Crippen molar-refractivity contribution in [1.82, 2.24) is 0 Å². The predicted molar refractivity (Wildman–Crippen MR) is 40.8 cm³/mol. The van der Waals surface area contributed by atoms with Crippen molar-refractivity contribution in [2.75, 3.05) is 6.54 Å². The summed E-state index contributed by atoms with van der Waals surface area (Å²) >= 11 is 1.32. The molecule has 0 spiro atoms. The third-order valence-electron chi connectivity index (χ3n) is 0.577. The van der Waals surface area contributed by atoms with E-state index in [2.05, 4.69) is 16.1 Å². The zero-order chi connectivity index (χ0) is 6.41. The molecule has 0 rings (SSSR count). The van der Waals surface area contributed by atoms with Crippen LogP contribution >= 0.6 is 11.9 Å². The Labute approximate surface area is 54.2 Å². The van der Waals surface area contributed by atoms with E-state index in [1.807, 2.05) is 13.8 Å². The van der Waals surface area contributed by atoms with Gasteiger partial charge in [-0.3, -0.25) is 4.99 Å². The number of aliphatic imine (C=N–C) groups is 1. The largest absolute Gasteiger partial charge is 0.282 e. The molecule has 0 heterocycles. The number of hydrogen-bond donors (Lipinski definition) is 0. The quantitative estimate of drug-likeness (QED) is 0.317. The Hall–Kier alpha value is -0.310. The van der Waals surface area contributed by atoms with Gasteiger partial charge in [0, 0.05) is 18.5 Å². The van der Waals surface area contributed by atoms with E-state index in [-0.39, 0.29) is 0 Å². The van der Waals surface area contributed by atoms with Gasteiger partial charge in [-0.2, -0.15) is 0 Å². The molecule has 0 radical (unpaired) electrons. The lowest BCUT2D eigenvalue weighted by atomic mass is 10.7. The topological polar surface area (TPSA) is 24.7 Å². The molecule has 0 aromatic carbocycles. The summed E-state index contributed by atoms with van der Waals surface area (Å²) in [5, 5.41) is 0.975. The molecule has 8 heavy (non-hydrogen) atoms. The molecule has 0 bridgehead atoms. The van der Waals surface area contributed by atoms with Gasteiger partial charge in [-0.15, -0.1) is 0 Å². The highest BCUT2D eigenvalue weighted by Crippen LogP contribution is 2.01. The van der Waals surface area contributed by atoms with Gasteiger partial charge in [0.15, 0.2) is 0 Å². The maximum Gasteiger partial charge on any atom is 0.0872 e. The van der Waals surface area contributed by atoms with Crippen molar-refractivity contribution in [3.05, 3.63) is 0 Å². The summed E-state index contributed by atoms with van der Waals surface area (Å²) in [6.45, 7) is 8.06. The van der Waals surface area contributed by atoms with Crippen LogP contribution < -0.4 is 0 Å². The molecule has 0 fully saturated rings. The molecule has 0 saturated heterocycles. The van der Waals surface area contributed by atoms with Crippen LogP contribution in [0.4, 0.5) is 0 Å². The second kappa shape index (κ2) is 4.84. The minimum Gasteiger partial charge on any atom is -0.282 e. The van der Waals surface area contributed by atoms with Gasteiger partial charge in [-0.25, -0.2) is 4.40 Å². The maximum absolute atomic E-state index is 4.06. The Morgan fingerprint density at radius 2 is 2.38 bits per heavy atom. The molecule has 0 unspecified atom stereocenters. The predicted octanol–water partition coefficient (Wildman–Crippen LogP) is 1.77. The molecular weight excluding hydrogens is 120 g/mol. The van der Waals surface area contributed by atoms with Crippen molar-refractivity contribution < 1.29 is 0 Å². The van der Waals surface area contributed by atoms with E-state index in [1.54, 1.807) is 0 Å². The van der Waals surface area contributed by atoms with Crippen LogP contribution in [0.25, 0.3) is 0 Å². The summed E-state index contributed by atoms with van der Waals surface area (Å²) in [6, 6.07) is 0. The van der Waals surface area contributed by atoms with E-state index in [9.17, 15) is 0 Å². The number of rotatable bonds is 2. The van der Waals surface area contributed by atoms with E-state index in [4.69, 9.17) is 0 Å². The average Bonchev–Trinajstić information content (AvgIpc) is 1.68.